The minimum Gasteiger partial charge on any atom is -0.511 e. The van der Waals surface area contributed by atoms with Crippen molar-refractivity contribution in [2.75, 3.05) is 124 Å². The first-order valence-corrected chi connectivity index (χ1v) is 23.5. The van der Waals surface area contributed by atoms with E-state index in [-0.39, 0.29) is 36.1 Å². The van der Waals surface area contributed by atoms with Crippen molar-refractivity contribution in [1.29, 1.82) is 0 Å². The molecule has 0 aromatic carbocycles. The number of allylic oxidation sites excluding steroid dienone is 11. The second-order valence-electron chi connectivity index (χ2n) is 23.4. The molecule has 8 bridgehead atoms. The van der Waals surface area contributed by atoms with E-state index in [9.17, 15) is 14.7 Å². The Morgan fingerprint density at radius 1 is 0.738 bits per heavy atom. The predicted molar refractivity (Wildman–Crippen MR) is 262 cm³/mol. The zero-order valence-corrected chi connectivity index (χ0v) is 42.8. The molecule has 354 valence electrons. The van der Waals surface area contributed by atoms with Gasteiger partial charge in [-0.05, 0) is 74.1 Å². The summed E-state index contributed by atoms with van der Waals surface area (Å²) in [7, 11) is 26.1. The number of aliphatic hydroxyl groups excluding tert-OH is 1. The lowest BCUT2D eigenvalue weighted by atomic mass is 9.86. The lowest BCUT2D eigenvalue weighted by molar-refractivity contribution is -0.896. The van der Waals surface area contributed by atoms with Gasteiger partial charge in [-0.1, -0.05) is 13.8 Å². The van der Waals surface area contributed by atoms with E-state index in [0.717, 1.165) is 118 Å². The van der Waals surface area contributed by atoms with E-state index in [1.165, 1.54) is 0 Å². The number of fused-ring (bicyclic) bond motifs is 5. The number of carbonyl (C=O) groups is 2. The highest BCUT2D eigenvalue weighted by Gasteiger charge is 2.42. The molecular formula is C52H80N8O5+4. The van der Waals surface area contributed by atoms with Gasteiger partial charge in [0.05, 0.1) is 162 Å². The van der Waals surface area contributed by atoms with Crippen LogP contribution in [0.5, 0.6) is 0 Å². The van der Waals surface area contributed by atoms with Gasteiger partial charge in [0.1, 0.15) is 19.0 Å². The highest BCUT2D eigenvalue weighted by Crippen LogP contribution is 2.46. The van der Waals surface area contributed by atoms with Gasteiger partial charge in [-0.2, -0.15) is 0 Å². The van der Waals surface area contributed by atoms with Crippen LogP contribution in [0.25, 0.3) is 0 Å². The normalized spacial score (nSPS) is 21.4. The number of esters is 2. The van der Waals surface area contributed by atoms with E-state index in [2.05, 4.69) is 111 Å². The van der Waals surface area contributed by atoms with Crippen LogP contribution in [0.3, 0.4) is 0 Å². The Balaban J connectivity index is 1.40. The van der Waals surface area contributed by atoms with Crippen LogP contribution in [0, 0.1) is 23.7 Å². The molecule has 2 atom stereocenters. The lowest BCUT2D eigenvalue weighted by Crippen LogP contribution is -2.48. The number of nitrogens with one attached hydrogen (secondary N) is 1. The molecule has 13 nitrogen and oxygen atoms in total. The summed E-state index contributed by atoms with van der Waals surface area (Å²) in [4.78, 5) is 43.7. The smallest absolute Gasteiger partial charge is 0.340 e. The number of hydrogen-bond acceptors (Lipinski definition) is 9. The summed E-state index contributed by atoms with van der Waals surface area (Å²) in [5.74, 6) is -0.114. The van der Waals surface area contributed by atoms with Gasteiger partial charge in [-0.25, -0.2) is 19.8 Å². The molecule has 5 aliphatic heterocycles. The molecule has 0 aromatic rings. The minimum atomic E-state index is -0.395. The maximum absolute atomic E-state index is 14.5. The highest BCUT2D eigenvalue weighted by atomic mass is 16.5. The molecular weight excluding hydrogens is 817 g/mol. The van der Waals surface area contributed by atoms with Crippen LogP contribution < -0.4 is 5.32 Å². The molecule has 0 amide bonds. The zero-order chi connectivity index (χ0) is 48.1. The number of hydrogen-bond donors (Lipinski definition) is 2. The summed E-state index contributed by atoms with van der Waals surface area (Å²) < 4.78 is 15.4. The summed E-state index contributed by atoms with van der Waals surface area (Å²) in [5.41, 5.74) is 12.0. The Kier molecular flexibility index (Phi) is 14.2. The number of aliphatic hydroxyl groups is 1. The third kappa shape index (κ3) is 11.8. The van der Waals surface area contributed by atoms with Crippen molar-refractivity contribution in [2.24, 2.45) is 38.6 Å². The van der Waals surface area contributed by atoms with E-state index in [0.29, 0.717) is 48.8 Å². The summed E-state index contributed by atoms with van der Waals surface area (Å²) >= 11 is 0. The summed E-state index contributed by atoms with van der Waals surface area (Å²) in [6, 6.07) is 0. The maximum Gasteiger partial charge on any atom is 0.340 e. The Hall–Kier alpha value is -4.69. The van der Waals surface area contributed by atoms with E-state index >= 15 is 0 Å². The number of quaternary nitrogens is 4. The van der Waals surface area contributed by atoms with Crippen molar-refractivity contribution in [3.05, 3.63) is 91.5 Å². The lowest BCUT2D eigenvalue weighted by Gasteiger charge is -2.33. The molecule has 0 unspecified atom stereocenters. The molecule has 1 fully saturated rings. The zero-order valence-electron chi connectivity index (χ0n) is 42.8. The Bertz CT molecular complexity index is 2320. The summed E-state index contributed by atoms with van der Waals surface area (Å²) in [6.45, 7) is 14.5. The molecule has 1 aliphatic carbocycles. The van der Waals surface area contributed by atoms with Crippen LogP contribution in [0.15, 0.2) is 106 Å². The van der Waals surface area contributed by atoms with E-state index < -0.39 is 5.97 Å². The van der Waals surface area contributed by atoms with Crippen molar-refractivity contribution in [2.45, 2.75) is 60.3 Å². The Morgan fingerprint density at radius 2 is 1.28 bits per heavy atom. The first-order chi connectivity index (χ1) is 30.0. The largest absolute Gasteiger partial charge is 0.511 e. The highest BCUT2D eigenvalue weighted by molar-refractivity contribution is 6.22. The Morgan fingerprint density at radius 3 is 1.83 bits per heavy atom. The van der Waals surface area contributed by atoms with Crippen molar-refractivity contribution in [3.8, 4) is 0 Å². The fraction of sp³-hybridized carbons (Fsp3) is 0.596. The van der Waals surface area contributed by atoms with Crippen molar-refractivity contribution in [3.63, 3.8) is 0 Å². The third-order valence-electron chi connectivity index (χ3n) is 13.1. The van der Waals surface area contributed by atoms with Gasteiger partial charge in [0.25, 0.3) is 0 Å². The van der Waals surface area contributed by atoms with Crippen LogP contribution in [0.2, 0.25) is 0 Å². The molecule has 0 aromatic heterocycles. The maximum atomic E-state index is 14.5. The van der Waals surface area contributed by atoms with E-state index in [4.69, 9.17) is 24.5 Å². The average Bonchev–Trinajstić information content (AvgIpc) is 3.91. The van der Waals surface area contributed by atoms with Crippen molar-refractivity contribution in [1.82, 2.24) is 5.32 Å². The van der Waals surface area contributed by atoms with Crippen LogP contribution in [0.4, 0.5) is 0 Å². The third-order valence-corrected chi connectivity index (χ3v) is 13.1. The van der Waals surface area contributed by atoms with Crippen LogP contribution in [0.1, 0.15) is 60.3 Å². The van der Waals surface area contributed by atoms with Gasteiger partial charge in [-0.15, -0.1) is 0 Å². The fourth-order valence-electron chi connectivity index (χ4n) is 10.6. The van der Waals surface area contributed by atoms with Crippen LogP contribution in [-0.4, -0.2) is 176 Å². The van der Waals surface area contributed by atoms with Gasteiger partial charge < -0.3 is 37.8 Å². The molecule has 6 aliphatic rings. The summed E-state index contributed by atoms with van der Waals surface area (Å²) in [5, 5.41) is 15.4. The fourth-order valence-corrected chi connectivity index (χ4v) is 10.6. The van der Waals surface area contributed by atoms with Crippen LogP contribution >= 0.6 is 0 Å². The predicted octanol–water partition coefficient (Wildman–Crippen LogP) is 6.58. The monoisotopic (exact) mass is 897 g/mol. The molecule has 1 saturated heterocycles. The number of carbonyl (C=O) groups excluding carboxylic acids is 2. The topological polar surface area (TPSA) is 122 Å². The molecule has 0 saturated carbocycles. The molecule has 5 heterocycles. The SMILES string of the molecule is CCC1=C(C)C2=NC1=CC1=C(C)C3=C(O)CC(=C4NC(=CC5=NC(=C2)C(C(=O)OCC(C[N+](C)(C)C)C[N+](C)(C)C)=C5C)[C@@H](C)[C@@H]4CCC(=O)OCC(C[N+](C)(C)C)C[N+](C)(C)C)C3=N1. The van der Waals surface area contributed by atoms with E-state index in [1.54, 1.807) is 0 Å². The van der Waals surface area contributed by atoms with Gasteiger partial charge in [0.15, 0.2) is 0 Å². The van der Waals surface area contributed by atoms with Crippen LogP contribution in [-0.2, 0) is 19.1 Å². The number of nitrogens with zero attached hydrogens (tertiary/aromatic N) is 7. The number of ether oxygens (including phenoxy) is 2. The van der Waals surface area contributed by atoms with Gasteiger partial charge in [0.2, 0.25) is 0 Å². The van der Waals surface area contributed by atoms with Gasteiger partial charge in [-0.3, -0.25) is 4.79 Å². The first kappa shape index (κ1) is 49.7. The van der Waals surface area contributed by atoms with E-state index in [1.807, 2.05) is 32.1 Å². The second kappa shape index (κ2) is 18.5. The van der Waals surface area contributed by atoms with Crippen molar-refractivity contribution >= 4 is 29.1 Å². The minimum absolute atomic E-state index is 0.0580. The molecule has 6 rings (SSSR count). The number of rotatable bonds is 17. The molecule has 65 heavy (non-hydrogen) atoms. The Labute approximate surface area is 389 Å². The standard InChI is InChI=1S/C52H78N8O5/c1-18-37-31(2)40-24-45-48(52(63)65-30-36(27-59(12,13)14)28-60(15,16)17)33(4)42(54-45)22-41-32(3)38(19-20-47(62)64-29-35(25-57(6,7)8)26-58(9,10)11)50(55-41)39-21-46(61)49-34(5)43(56-51(39)49)23-44(37)53-40/h22-24,32,35-36,38H,18-21,25-30H2,1-17H3/q+2/p+2/t32-,38-/m0/s1. The van der Waals surface area contributed by atoms with Gasteiger partial charge in [0, 0.05) is 47.2 Å². The second-order valence-corrected chi connectivity index (χ2v) is 23.4. The van der Waals surface area contributed by atoms with Gasteiger partial charge >= 0.3 is 11.9 Å². The van der Waals surface area contributed by atoms with Crippen molar-refractivity contribution < 1.29 is 42.1 Å². The average molecular weight is 897 g/mol. The number of aliphatic imine (C=N–C) groups is 3. The first-order valence-electron chi connectivity index (χ1n) is 23.5. The summed E-state index contributed by atoms with van der Waals surface area (Å²) in [6.07, 6.45) is 7.88. The molecule has 2 N–H and O–H groups in total. The molecule has 0 spiro atoms. The molecule has 0 radical (unpaired) electrons. The molecule has 13 heteroatoms. The quantitative estimate of drug-likeness (QED) is 0.126.